The van der Waals surface area contributed by atoms with Crippen LogP contribution in [0.25, 0.3) is 0 Å². The van der Waals surface area contributed by atoms with Crippen molar-refractivity contribution in [2.24, 2.45) is 5.73 Å². The molecule has 1 aromatic carbocycles. The second-order valence-electron chi connectivity index (χ2n) is 4.21. The number of nitrogens with two attached hydrogens (primary N) is 1. The molecule has 1 fully saturated rings. The van der Waals surface area contributed by atoms with E-state index in [9.17, 15) is 0 Å². The maximum atomic E-state index is 7.40. The molecule has 3 N–H and O–H groups in total. The third-order valence-electron chi connectivity index (χ3n) is 3.10. The Kier molecular flexibility index (Phi) is 3.84. The number of amidine groups is 1. The van der Waals surface area contributed by atoms with Crippen LogP contribution in [0.3, 0.4) is 0 Å². The fourth-order valence-corrected chi connectivity index (χ4v) is 3.52. The van der Waals surface area contributed by atoms with Gasteiger partial charge >= 0.3 is 0 Å². The molecule has 92 valence electrons. The lowest BCUT2D eigenvalue weighted by molar-refractivity contribution is 0.700. The minimum atomic E-state index is 0.0145. The monoisotopic (exact) mass is 269 g/mol. The van der Waals surface area contributed by atoms with E-state index in [0.29, 0.717) is 16.6 Å². The third kappa shape index (κ3) is 2.69. The predicted octanol–water partition coefficient (Wildman–Crippen LogP) is 2.57. The van der Waals surface area contributed by atoms with Crippen molar-refractivity contribution in [1.82, 2.24) is 0 Å². The van der Waals surface area contributed by atoms with Crippen LogP contribution in [0.15, 0.2) is 18.2 Å². The van der Waals surface area contributed by atoms with Crippen molar-refractivity contribution in [2.45, 2.75) is 12.5 Å². The van der Waals surface area contributed by atoms with E-state index in [0.717, 1.165) is 5.69 Å². The molecule has 0 saturated carbocycles. The summed E-state index contributed by atoms with van der Waals surface area (Å²) < 4.78 is 0. The molecule has 5 heteroatoms. The first kappa shape index (κ1) is 12.6. The van der Waals surface area contributed by atoms with E-state index in [1.807, 2.05) is 30.0 Å². The highest BCUT2D eigenvalue weighted by Crippen LogP contribution is 2.28. The van der Waals surface area contributed by atoms with E-state index in [1.54, 1.807) is 0 Å². The number of rotatable bonds is 3. The minimum Gasteiger partial charge on any atom is -0.384 e. The quantitative estimate of drug-likeness (QED) is 0.655. The molecule has 0 amide bonds. The Balaban J connectivity index is 2.21. The van der Waals surface area contributed by atoms with Crippen LogP contribution >= 0.6 is 23.4 Å². The molecule has 1 saturated heterocycles. The van der Waals surface area contributed by atoms with Crippen molar-refractivity contribution in [1.29, 1.82) is 5.41 Å². The molecule has 2 rings (SSSR count). The molecular weight excluding hydrogens is 254 g/mol. The minimum absolute atomic E-state index is 0.0145. The highest BCUT2D eigenvalue weighted by Gasteiger charge is 2.20. The van der Waals surface area contributed by atoms with Crippen LogP contribution in [0.5, 0.6) is 0 Å². The van der Waals surface area contributed by atoms with E-state index in [1.165, 1.54) is 17.9 Å². The zero-order valence-electron chi connectivity index (χ0n) is 9.74. The van der Waals surface area contributed by atoms with Gasteiger partial charge < -0.3 is 10.6 Å². The van der Waals surface area contributed by atoms with Gasteiger partial charge in [0.1, 0.15) is 5.84 Å². The zero-order valence-corrected chi connectivity index (χ0v) is 11.3. The summed E-state index contributed by atoms with van der Waals surface area (Å²) >= 11 is 8.11. The number of halogens is 1. The second-order valence-corrected chi connectivity index (χ2v) is 5.76. The average molecular weight is 270 g/mol. The lowest BCUT2D eigenvalue weighted by atomic mass is 10.1. The van der Waals surface area contributed by atoms with Crippen molar-refractivity contribution in [2.75, 3.05) is 23.5 Å². The first-order valence-electron chi connectivity index (χ1n) is 5.54. The Labute approximate surface area is 111 Å². The lowest BCUT2D eigenvalue weighted by Crippen LogP contribution is -2.31. The van der Waals surface area contributed by atoms with Crippen molar-refractivity contribution in [3.05, 3.63) is 28.8 Å². The largest absolute Gasteiger partial charge is 0.384 e. The summed E-state index contributed by atoms with van der Waals surface area (Å²) in [6.07, 6.45) is 1.22. The molecule has 1 atom stereocenters. The maximum Gasteiger partial charge on any atom is 0.124 e. The molecule has 0 aliphatic carbocycles. The molecule has 0 radical (unpaired) electrons. The number of hydrogen-bond donors (Lipinski definition) is 2. The molecule has 0 aromatic heterocycles. The van der Waals surface area contributed by atoms with E-state index in [2.05, 4.69) is 11.9 Å². The Morgan fingerprint density at radius 2 is 2.35 bits per heavy atom. The summed E-state index contributed by atoms with van der Waals surface area (Å²) in [4.78, 5) is 2.26. The molecule has 0 bridgehead atoms. The number of benzene rings is 1. The Bertz CT molecular complexity index is 430. The highest BCUT2D eigenvalue weighted by atomic mass is 35.5. The molecule has 1 unspecified atom stereocenters. The van der Waals surface area contributed by atoms with Gasteiger partial charge in [-0.3, -0.25) is 5.41 Å². The number of nitrogens with zero attached hydrogens (tertiary/aromatic N) is 1. The molecule has 1 aliphatic rings. The van der Waals surface area contributed by atoms with Crippen molar-refractivity contribution < 1.29 is 0 Å². The summed E-state index contributed by atoms with van der Waals surface area (Å²) in [6, 6.07) is 6.27. The standard InChI is InChI=1S/C12H16ClN3S/c1-16(9-4-5-17-7-9)8-2-3-10(12(14)15)11(13)6-8/h2-3,6,9H,4-5,7H2,1H3,(H3,14,15). The molecule has 1 heterocycles. The van der Waals surface area contributed by atoms with E-state index >= 15 is 0 Å². The third-order valence-corrected chi connectivity index (χ3v) is 4.56. The fraction of sp³-hybridized carbons (Fsp3) is 0.417. The van der Waals surface area contributed by atoms with Crippen molar-refractivity contribution in [3.63, 3.8) is 0 Å². The molecule has 17 heavy (non-hydrogen) atoms. The van der Waals surface area contributed by atoms with Gasteiger partial charge in [0, 0.05) is 30.1 Å². The molecule has 3 nitrogen and oxygen atoms in total. The lowest BCUT2D eigenvalue weighted by Gasteiger charge is -2.26. The van der Waals surface area contributed by atoms with Crippen LogP contribution < -0.4 is 10.6 Å². The van der Waals surface area contributed by atoms with E-state index in [-0.39, 0.29) is 5.84 Å². The summed E-state index contributed by atoms with van der Waals surface area (Å²) in [7, 11) is 2.09. The molecule has 1 aliphatic heterocycles. The van der Waals surface area contributed by atoms with Crippen molar-refractivity contribution >= 4 is 34.9 Å². The summed E-state index contributed by atoms with van der Waals surface area (Å²) in [5.74, 6) is 2.41. The summed E-state index contributed by atoms with van der Waals surface area (Å²) in [5.41, 5.74) is 7.14. The topological polar surface area (TPSA) is 53.1 Å². The Morgan fingerprint density at radius 3 is 2.88 bits per heavy atom. The smallest absolute Gasteiger partial charge is 0.124 e. The van der Waals surface area contributed by atoms with Crippen LogP contribution in [0.4, 0.5) is 5.69 Å². The van der Waals surface area contributed by atoms with Gasteiger partial charge in [-0.05, 0) is 30.4 Å². The summed E-state index contributed by atoms with van der Waals surface area (Å²) in [5, 5.41) is 7.95. The van der Waals surface area contributed by atoms with Gasteiger partial charge in [-0.25, -0.2) is 0 Å². The predicted molar refractivity (Wildman–Crippen MR) is 76.6 cm³/mol. The van der Waals surface area contributed by atoms with Crippen LogP contribution in [0.2, 0.25) is 5.02 Å². The first-order chi connectivity index (χ1) is 8.09. The summed E-state index contributed by atoms with van der Waals surface area (Å²) in [6.45, 7) is 0. The highest BCUT2D eigenvalue weighted by molar-refractivity contribution is 7.99. The van der Waals surface area contributed by atoms with Gasteiger partial charge in [0.2, 0.25) is 0 Å². The van der Waals surface area contributed by atoms with Crippen LogP contribution in [-0.4, -0.2) is 30.4 Å². The van der Waals surface area contributed by atoms with E-state index < -0.39 is 0 Å². The zero-order chi connectivity index (χ0) is 12.4. The van der Waals surface area contributed by atoms with Gasteiger partial charge in [0.05, 0.1) is 5.02 Å². The van der Waals surface area contributed by atoms with Gasteiger partial charge in [0.25, 0.3) is 0 Å². The first-order valence-corrected chi connectivity index (χ1v) is 7.07. The van der Waals surface area contributed by atoms with Crippen LogP contribution in [0, 0.1) is 5.41 Å². The van der Waals surface area contributed by atoms with Gasteiger partial charge in [-0.1, -0.05) is 11.6 Å². The Hall–Kier alpha value is -0.870. The van der Waals surface area contributed by atoms with E-state index in [4.69, 9.17) is 22.7 Å². The SMILES string of the molecule is CN(c1ccc(C(=N)N)c(Cl)c1)C1CCSC1. The number of anilines is 1. The molecular formula is C12H16ClN3S. The second kappa shape index (κ2) is 5.19. The molecule has 0 spiro atoms. The Morgan fingerprint density at radius 1 is 1.59 bits per heavy atom. The van der Waals surface area contributed by atoms with Gasteiger partial charge in [0.15, 0.2) is 0 Å². The maximum absolute atomic E-state index is 7.40. The fourth-order valence-electron chi connectivity index (χ4n) is 1.98. The number of nitrogens with one attached hydrogen (secondary N) is 1. The number of nitrogen functional groups attached to an aromatic ring is 1. The number of thioether (sulfide) groups is 1. The molecule has 1 aromatic rings. The normalized spacial score (nSPS) is 19.3. The van der Waals surface area contributed by atoms with Crippen LogP contribution in [-0.2, 0) is 0 Å². The number of hydrogen-bond acceptors (Lipinski definition) is 3. The van der Waals surface area contributed by atoms with Crippen molar-refractivity contribution in [3.8, 4) is 0 Å². The van der Waals surface area contributed by atoms with Crippen LogP contribution in [0.1, 0.15) is 12.0 Å². The average Bonchev–Trinajstić information content (AvgIpc) is 2.80. The van der Waals surface area contributed by atoms with Gasteiger partial charge in [-0.2, -0.15) is 11.8 Å². The van der Waals surface area contributed by atoms with Gasteiger partial charge in [-0.15, -0.1) is 0 Å².